The summed E-state index contributed by atoms with van der Waals surface area (Å²) in [6, 6.07) is 0. The Labute approximate surface area is 515 Å². The van der Waals surface area contributed by atoms with Crippen molar-refractivity contribution in [3.63, 3.8) is 0 Å². The summed E-state index contributed by atoms with van der Waals surface area (Å²) in [7, 11) is 0. The molecular weight excluding hydrogens is 1150 g/mol. The number of hydrogen-bond donors (Lipinski definition) is 11. The summed E-state index contributed by atoms with van der Waals surface area (Å²) in [6.07, 6.45) is -21.7. The van der Waals surface area contributed by atoms with E-state index in [1.807, 2.05) is 55.4 Å². The van der Waals surface area contributed by atoms with Crippen LogP contribution in [0.5, 0.6) is 0 Å². The van der Waals surface area contributed by atoms with Crippen LogP contribution in [0.3, 0.4) is 0 Å². The van der Waals surface area contributed by atoms with Crippen LogP contribution in [0, 0.1) is 56.2 Å². The van der Waals surface area contributed by atoms with E-state index in [-0.39, 0.29) is 18.3 Å². The first kappa shape index (κ1) is 70.3. The van der Waals surface area contributed by atoms with Crippen molar-refractivity contribution in [1.82, 2.24) is 0 Å². The van der Waals surface area contributed by atoms with E-state index in [1.165, 1.54) is 0 Å². The van der Waals surface area contributed by atoms with Gasteiger partial charge in [-0.1, -0.05) is 91.7 Å². The van der Waals surface area contributed by atoms with E-state index in [4.69, 9.17) is 42.6 Å². The molecule has 3 aliphatic heterocycles. The molecule has 0 aromatic heterocycles. The number of rotatable bonds is 19. The predicted octanol–water partition coefficient (Wildman–Crippen LogP) is 2.64. The molecule has 8 rings (SSSR count). The highest BCUT2D eigenvalue weighted by atomic mass is 16.8. The number of carbonyl (C=O) groups excluding carboxylic acids is 3. The molecule has 5 aliphatic carbocycles. The van der Waals surface area contributed by atoms with Gasteiger partial charge in [0.05, 0.1) is 49.5 Å². The van der Waals surface area contributed by atoms with Crippen LogP contribution in [-0.4, -0.2) is 216 Å². The number of carbonyl (C=O) groups is 4. The molecular formula is C64H100O24. The molecule has 0 aromatic rings. The summed E-state index contributed by atoms with van der Waals surface area (Å²) in [5.41, 5.74) is -3.54. The number of aliphatic hydroxyl groups excluding tert-OH is 10. The first-order valence-corrected chi connectivity index (χ1v) is 31.4. The Balaban J connectivity index is 1.13. The van der Waals surface area contributed by atoms with Gasteiger partial charge >= 0.3 is 23.9 Å². The van der Waals surface area contributed by atoms with Crippen molar-refractivity contribution < 1.29 is 118 Å². The number of allylic oxidation sites excluding steroid dienone is 4. The van der Waals surface area contributed by atoms with Crippen molar-refractivity contribution >= 4 is 23.9 Å². The molecule has 8 aliphatic rings. The molecule has 24 heteroatoms. The van der Waals surface area contributed by atoms with Gasteiger partial charge in [0.2, 0.25) is 0 Å². The number of carboxylic acid groups (broad SMARTS) is 1. The molecule has 1 unspecified atom stereocenters. The third kappa shape index (κ3) is 12.0. The fraction of sp³-hybridized carbons (Fsp3) is 0.844. The lowest BCUT2D eigenvalue weighted by Crippen LogP contribution is -2.76. The van der Waals surface area contributed by atoms with Gasteiger partial charge in [-0.25, -0.2) is 9.59 Å². The number of hydrogen-bond acceptors (Lipinski definition) is 23. The summed E-state index contributed by atoms with van der Waals surface area (Å²) in [5.74, 6) is -5.47. The Morgan fingerprint density at radius 3 is 1.83 bits per heavy atom. The van der Waals surface area contributed by atoms with E-state index in [2.05, 4.69) is 26.0 Å². The monoisotopic (exact) mass is 1250 g/mol. The largest absolute Gasteiger partial charge is 0.479 e. The average molecular weight is 1250 g/mol. The van der Waals surface area contributed by atoms with Crippen LogP contribution >= 0.6 is 0 Å². The van der Waals surface area contributed by atoms with E-state index in [1.54, 1.807) is 19.9 Å². The minimum absolute atomic E-state index is 0.167. The normalized spacial score (nSPS) is 45.7. The van der Waals surface area contributed by atoms with Crippen LogP contribution in [0.15, 0.2) is 34.9 Å². The SMILES string of the molecule is CCC(C)C(=O)O[C@H]1[C@H](OC(=O)/C(C)=C\CCC=C(C)C)C(C)(C)C[C@H]2C3=CC[C@@H]4[C@@]5(C)CC[C@H](O[C@@H]6O[C@H](C(=O)O)[C@@H](O[C@@H]7O[C@@H](CO)[C@H](O)[C@H]7O)[C@H](OC(C)=O)[C@H]6O[C@@H]6O[C@H](CO)[C@@H](O)[C@H](O)[C@H]6O)C(C)(C)[C@@H]5CC[C@@]4(C)[C@]3(C)[C@@H](O)[C@@H](O)[C@]21CO. The van der Waals surface area contributed by atoms with E-state index in [0.717, 1.165) is 18.1 Å². The Kier molecular flexibility index (Phi) is 21.1. The van der Waals surface area contributed by atoms with E-state index in [9.17, 15) is 75.3 Å². The molecule has 11 N–H and O–H groups in total. The van der Waals surface area contributed by atoms with Gasteiger partial charge in [-0.15, -0.1) is 0 Å². The summed E-state index contributed by atoms with van der Waals surface area (Å²) in [5, 5.41) is 124. The Bertz CT molecular complexity index is 2620. The number of fused-ring (bicyclic) bond motifs is 7. The van der Waals surface area contributed by atoms with Crippen molar-refractivity contribution in [2.24, 2.45) is 56.2 Å². The van der Waals surface area contributed by atoms with Crippen molar-refractivity contribution in [2.75, 3.05) is 19.8 Å². The molecule has 0 bridgehead atoms. The van der Waals surface area contributed by atoms with Crippen LogP contribution in [0.2, 0.25) is 0 Å². The number of aliphatic hydroxyl groups is 10. The molecule has 27 atom stereocenters. The van der Waals surface area contributed by atoms with Gasteiger partial charge in [-0.2, -0.15) is 0 Å². The zero-order valence-electron chi connectivity index (χ0n) is 53.2. The van der Waals surface area contributed by atoms with Crippen LogP contribution in [0.4, 0.5) is 0 Å². The fourth-order valence-electron chi connectivity index (χ4n) is 17.3. The number of carboxylic acids is 1. The third-order valence-electron chi connectivity index (χ3n) is 22.6. The maximum Gasteiger partial charge on any atom is 0.335 e. The molecule has 0 amide bonds. The first-order valence-electron chi connectivity index (χ1n) is 31.4. The summed E-state index contributed by atoms with van der Waals surface area (Å²) in [6.45, 7) is 22.2. The minimum atomic E-state index is -2.09. The first-order chi connectivity index (χ1) is 41.1. The van der Waals surface area contributed by atoms with Crippen molar-refractivity contribution in [1.29, 1.82) is 0 Å². The molecule has 88 heavy (non-hydrogen) atoms. The Morgan fingerprint density at radius 2 is 1.26 bits per heavy atom. The van der Waals surface area contributed by atoms with Crippen molar-refractivity contribution in [3.8, 4) is 0 Å². The number of unbranched alkanes of at least 4 members (excludes halogenated alkanes) is 1. The topological polar surface area (TPSA) is 374 Å². The van der Waals surface area contributed by atoms with Crippen LogP contribution in [-0.2, 0) is 61.8 Å². The zero-order valence-corrected chi connectivity index (χ0v) is 53.2. The standard InChI is InChI=1S/C64H100O24/c1-14-30(4)54(78)88-52-51(87-55(79)31(5)18-16-15-17-29(2)3)59(7,8)25-34-33-19-20-38-61(11)23-22-39(60(9,10)37(61)21-24-62(38,12)63(33,13)49(74)50(75)64(34,52)28-67)83-58-48(86-57-44(73)42(71)40(69)35(26-65)81-57)46(80-32(6)68)45(47(85-58)53(76)77)84-56-43(72)41(70)36(27-66)82-56/h17-19,30,34-52,56-58,65-67,69-75H,14-16,20-28H2,1-13H3,(H,76,77)/b31-18-/t30?,34-,35+,36-,37-,38+,39-,40+,41-,42-,43+,44+,45-,46-,47-,48+,49-,50+,51-,52-,56-,57-,58+,61-,62+,63-,64-/m0/s1. The van der Waals surface area contributed by atoms with Crippen LogP contribution in [0.25, 0.3) is 0 Å². The number of ether oxygens (including phenoxy) is 9. The average Bonchev–Trinajstić information content (AvgIpc) is 0.721. The van der Waals surface area contributed by atoms with Gasteiger partial charge in [0.25, 0.3) is 0 Å². The van der Waals surface area contributed by atoms with Gasteiger partial charge < -0.3 is 98.8 Å². The molecule has 3 heterocycles. The van der Waals surface area contributed by atoms with Crippen LogP contribution < -0.4 is 0 Å². The van der Waals surface area contributed by atoms with Crippen LogP contribution in [0.1, 0.15) is 148 Å². The summed E-state index contributed by atoms with van der Waals surface area (Å²) < 4.78 is 55.6. The smallest absolute Gasteiger partial charge is 0.335 e. The number of aliphatic carboxylic acids is 1. The highest BCUT2D eigenvalue weighted by Gasteiger charge is 2.76. The summed E-state index contributed by atoms with van der Waals surface area (Å²) in [4.78, 5) is 54.7. The third-order valence-corrected chi connectivity index (χ3v) is 22.6. The second-order valence-corrected chi connectivity index (χ2v) is 28.7. The molecule has 24 nitrogen and oxygen atoms in total. The van der Waals surface area contributed by atoms with E-state index < -0.39 is 205 Å². The lowest BCUT2D eigenvalue weighted by molar-refractivity contribution is -0.383. The van der Waals surface area contributed by atoms with Gasteiger partial charge in [0.15, 0.2) is 43.3 Å². The molecule has 7 fully saturated rings. The lowest BCUT2D eigenvalue weighted by atomic mass is 9.32. The van der Waals surface area contributed by atoms with Gasteiger partial charge in [0.1, 0.15) is 54.9 Å². The van der Waals surface area contributed by atoms with Gasteiger partial charge in [0, 0.05) is 23.3 Å². The quantitative estimate of drug-likeness (QED) is 0.0221. The number of esters is 3. The van der Waals surface area contributed by atoms with Crippen molar-refractivity contribution in [2.45, 2.75) is 264 Å². The molecule has 3 saturated heterocycles. The molecule has 0 spiro atoms. The lowest BCUT2D eigenvalue weighted by Gasteiger charge is -2.73. The van der Waals surface area contributed by atoms with Crippen molar-refractivity contribution in [3.05, 3.63) is 34.9 Å². The fourth-order valence-corrected chi connectivity index (χ4v) is 17.3. The highest BCUT2D eigenvalue weighted by Crippen LogP contribution is 2.76. The van der Waals surface area contributed by atoms with E-state index in [0.29, 0.717) is 56.9 Å². The second kappa shape index (κ2) is 26.5. The van der Waals surface area contributed by atoms with Gasteiger partial charge in [-0.05, 0) is 113 Å². The maximum atomic E-state index is 14.1. The second-order valence-electron chi connectivity index (χ2n) is 28.7. The molecule has 4 saturated carbocycles. The Morgan fingerprint density at radius 1 is 0.670 bits per heavy atom. The molecule has 0 radical (unpaired) electrons. The Hall–Kier alpha value is -3.54. The highest BCUT2D eigenvalue weighted by molar-refractivity contribution is 5.88. The van der Waals surface area contributed by atoms with E-state index >= 15 is 0 Å². The minimum Gasteiger partial charge on any atom is -0.479 e. The zero-order chi connectivity index (χ0) is 65.3. The predicted molar refractivity (Wildman–Crippen MR) is 309 cm³/mol. The molecule has 500 valence electrons. The van der Waals surface area contributed by atoms with Gasteiger partial charge in [-0.3, -0.25) is 9.59 Å². The maximum absolute atomic E-state index is 14.1. The molecule has 0 aromatic carbocycles. The summed E-state index contributed by atoms with van der Waals surface area (Å²) >= 11 is 0.